The molecular weight excluding hydrogens is 256 g/mol. The average Bonchev–Trinajstić information content (AvgIpc) is 2.40. The Labute approximate surface area is 116 Å². The smallest absolute Gasteiger partial charge is 0.335 e. The van der Waals surface area contributed by atoms with E-state index in [4.69, 9.17) is 16.6 Å². The fourth-order valence-corrected chi connectivity index (χ4v) is 1.34. The lowest BCUT2D eigenvalue weighted by Gasteiger charge is -1.94. The second-order valence-corrected chi connectivity index (χ2v) is 4.11. The Hall–Kier alpha value is -2.82. The van der Waals surface area contributed by atoms with Crippen LogP contribution < -0.4 is 11.5 Å². The van der Waals surface area contributed by atoms with Gasteiger partial charge in [0.05, 0.1) is 5.56 Å². The highest BCUT2D eigenvalue weighted by Gasteiger charge is 1.98. The molecule has 5 nitrogen and oxygen atoms in total. The number of carboxylic acid groups (broad SMARTS) is 1. The number of rotatable bonds is 2. The van der Waals surface area contributed by atoms with Crippen LogP contribution in [0.2, 0.25) is 0 Å². The molecule has 0 aliphatic heterocycles. The number of anilines is 2. The first-order chi connectivity index (χ1) is 9.40. The Bertz CT molecular complexity index is 534. The van der Waals surface area contributed by atoms with Gasteiger partial charge in [-0.2, -0.15) is 0 Å². The minimum absolute atomic E-state index is 0.0694. The Balaban J connectivity index is 0.000000200. The van der Waals surface area contributed by atoms with Crippen molar-refractivity contribution in [1.82, 2.24) is 0 Å². The van der Waals surface area contributed by atoms with Gasteiger partial charge < -0.3 is 16.6 Å². The maximum absolute atomic E-state index is 10.7. The average molecular weight is 272 g/mol. The number of aromatic carboxylic acids is 1. The summed E-state index contributed by atoms with van der Waals surface area (Å²) in [5.41, 5.74) is 13.0. The molecule has 2 aromatic rings. The number of carboxylic acids is 1. The first-order valence-corrected chi connectivity index (χ1v) is 5.85. The Morgan fingerprint density at radius 2 is 1.15 bits per heavy atom. The van der Waals surface area contributed by atoms with Crippen molar-refractivity contribution < 1.29 is 14.7 Å². The van der Waals surface area contributed by atoms with Gasteiger partial charge in [0.1, 0.15) is 0 Å². The zero-order valence-corrected chi connectivity index (χ0v) is 11.0. The van der Waals surface area contributed by atoms with E-state index in [0.29, 0.717) is 16.9 Å². The summed E-state index contributed by atoms with van der Waals surface area (Å²) in [5.74, 6) is -0.861. The fraction of sp³-hybridized carbons (Fsp3) is 0.0667. The third kappa shape index (κ3) is 4.81. The number of benzene rings is 2. The molecule has 0 bridgehead atoms. The van der Waals surface area contributed by atoms with E-state index in [1.165, 1.54) is 19.1 Å². The van der Waals surface area contributed by atoms with Crippen molar-refractivity contribution in [3.8, 4) is 0 Å². The number of nitrogens with two attached hydrogens (primary N) is 2. The maximum Gasteiger partial charge on any atom is 0.335 e. The molecule has 5 heteroatoms. The summed E-state index contributed by atoms with van der Waals surface area (Å²) < 4.78 is 0. The van der Waals surface area contributed by atoms with Crippen molar-refractivity contribution in [3.63, 3.8) is 0 Å². The Morgan fingerprint density at radius 3 is 1.45 bits per heavy atom. The van der Waals surface area contributed by atoms with Gasteiger partial charge in [0.2, 0.25) is 0 Å². The van der Waals surface area contributed by atoms with Gasteiger partial charge in [0, 0.05) is 16.9 Å². The van der Waals surface area contributed by atoms with Gasteiger partial charge >= 0.3 is 5.97 Å². The van der Waals surface area contributed by atoms with E-state index in [1.807, 2.05) is 0 Å². The molecule has 0 spiro atoms. The standard InChI is InChI=1S/C8H9NO.C7H7NO2/c1-6(10)7-2-4-8(9)5-3-7;8-6-3-1-5(2-4-6)7(9)10/h2-5H,9H2,1H3;1-4H,8H2,(H,9,10). The van der Waals surface area contributed by atoms with E-state index in [-0.39, 0.29) is 11.3 Å². The molecule has 0 atom stereocenters. The predicted molar refractivity (Wildman–Crippen MR) is 78.7 cm³/mol. The topological polar surface area (TPSA) is 106 Å². The van der Waals surface area contributed by atoms with Crippen LogP contribution >= 0.6 is 0 Å². The van der Waals surface area contributed by atoms with Crippen molar-refractivity contribution in [2.24, 2.45) is 0 Å². The van der Waals surface area contributed by atoms with Gasteiger partial charge in [-0.15, -0.1) is 0 Å². The highest BCUT2D eigenvalue weighted by Crippen LogP contribution is 2.05. The van der Waals surface area contributed by atoms with Crippen LogP contribution in [-0.4, -0.2) is 16.9 Å². The van der Waals surface area contributed by atoms with Gasteiger partial charge in [-0.1, -0.05) is 0 Å². The number of ketones is 1. The number of carbonyl (C=O) groups excluding carboxylic acids is 1. The zero-order valence-electron chi connectivity index (χ0n) is 11.0. The molecule has 0 fully saturated rings. The SMILES string of the molecule is CC(=O)c1ccc(N)cc1.Nc1ccc(C(=O)O)cc1. The van der Waals surface area contributed by atoms with Crippen molar-refractivity contribution in [3.05, 3.63) is 59.7 Å². The minimum atomic E-state index is -0.931. The largest absolute Gasteiger partial charge is 0.478 e. The first-order valence-electron chi connectivity index (χ1n) is 5.85. The molecule has 0 saturated carbocycles. The predicted octanol–water partition coefficient (Wildman–Crippen LogP) is 2.44. The van der Waals surface area contributed by atoms with Gasteiger partial charge in [-0.25, -0.2) is 4.79 Å². The second kappa shape index (κ2) is 6.94. The minimum Gasteiger partial charge on any atom is -0.478 e. The van der Waals surface area contributed by atoms with Gasteiger partial charge in [0.15, 0.2) is 5.78 Å². The van der Waals surface area contributed by atoms with E-state index in [9.17, 15) is 9.59 Å². The molecule has 104 valence electrons. The number of Topliss-reactive ketones (excluding diaryl/α,β-unsaturated/α-hetero) is 1. The number of hydrogen-bond donors (Lipinski definition) is 3. The third-order valence-electron chi connectivity index (χ3n) is 2.47. The van der Waals surface area contributed by atoms with Crippen LogP contribution in [0.3, 0.4) is 0 Å². The summed E-state index contributed by atoms with van der Waals surface area (Å²) in [5, 5.41) is 8.43. The van der Waals surface area contributed by atoms with Crippen LogP contribution in [0, 0.1) is 0 Å². The summed E-state index contributed by atoms with van der Waals surface area (Å²) in [6.45, 7) is 1.53. The monoisotopic (exact) mass is 272 g/mol. The summed E-state index contributed by atoms with van der Waals surface area (Å²) in [4.78, 5) is 21.0. The highest BCUT2D eigenvalue weighted by atomic mass is 16.4. The van der Waals surface area contributed by atoms with E-state index in [2.05, 4.69) is 0 Å². The van der Waals surface area contributed by atoms with Crippen LogP contribution in [0.4, 0.5) is 11.4 Å². The zero-order chi connectivity index (χ0) is 15.1. The molecule has 0 amide bonds. The molecule has 0 aliphatic rings. The molecule has 0 unspecified atom stereocenters. The van der Waals surface area contributed by atoms with Crippen LogP contribution in [0.5, 0.6) is 0 Å². The van der Waals surface area contributed by atoms with Gasteiger partial charge in [-0.3, -0.25) is 4.79 Å². The lowest BCUT2D eigenvalue weighted by atomic mass is 10.1. The molecule has 0 aliphatic carbocycles. The number of carbonyl (C=O) groups is 2. The molecule has 5 N–H and O–H groups in total. The van der Waals surface area contributed by atoms with E-state index in [0.717, 1.165) is 0 Å². The van der Waals surface area contributed by atoms with Crippen LogP contribution in [0.25, 0.3) is 0 Å². The summed E-state index contributed by atoms with van der Waals surface area (Å²) in [7, 11) is 0. The highest BCUT2D eigenvalue weighted by molar-refractivity contribution is 5.94. The molecule has 2 aromatic carbocycles. The van der Waals surface area contributed by atoms with Crippen LogP contribution in [0.1, 0.15) is 27.6 Å². The maximum atomic E-state index is 10.7. The lowest BCUT2D eigenvalue weighted by Crippen LogP contribution is -1.95. The molecular formula is C15H16N2O3. The third-order valence-corrected chi connectivity index (χ3v) is 2.47. The number of hydrogen-bond acceptors (Lipinski definition) is 4. The number of nitrogen functional groups attached to an aromatic ring is 2. The molecule has 0 heterocycles. The molecule has 0 aromatic heterocycles. The lowest BCUT2D eigenvalue weighted by molar-refractivity contribution is 0.0696. The first kappa shape index (κ1) is 15.2. The molecule has 0 saturated heterocycles. The van der Waals surface area contributed by atoms with Gasteiger partial charge in [-0.05, 0) is 55.5 Å². The quantitative estimate of drug-likeness (QED) is 0.575. The van der Waals surface area contributed by atoms with E-state index in [1.54, 1.807) is 36.4 Å². The fourth-order valence-electron chi connectivity index (χ4n) is 1.34. The molecule has 20 heavy (non-hydrogen) atoms. The molecule has 2 rings (SSSR count). The Kier molecular flexibility index (Phi) is 5.29. The second-order valence-electron chi connectivity index (χ2n) is 4.11. The van der Waals surface area contributed by atoms with E-state index >= 15 is 0 Å². The summed E-state index contributed by atoms with van der Waals surface area (Å²) in [6.07, 6.45) is 0. The van der Waals surface area contributed by atoms with Crippen molar-refractivity contribution in [2.75, 3.05) is 11.5 Å². The van der Waals surface area contributed by atoms with Crippen LogP contribution in [-0.2, 0) is 0 Å². The van der Waals surface area contributed by atoms with Crippen LogP contribution in [0.15, 0.2) is 48.5 Å². The van der Waals surface area contributed by atoms with E-state index < -0.39 is 5.97 Å². The van der Waals surface area contributed by atoms with Gasteiger partial charge in [0.25, 0.3) is 0 Å². The summed E-state index contributed by atoms with van der Waals surface area (Å²) >= 11 is 0. The van der Waals surface area contributed by atoms with Crippen molar-refractivity contribution >= 4 is 23.1 Å². The Morgan fingerprint density at radius 1 is 0.800 bits per heavy atom. The molecule has 0 radical (unpaired) electrons. The summed E-state index contributed by atoms with van der Waals surface area (Å²) in [6, 6.07) is 12.9. The van der Waals surface area contributed by atoms with Crippen molar-refractivity contribution in [1.29, 1.82) is 0 Å². The van der Waals surface area contributed by atoms with Crippen molar-refractivity contribution in [2.45, 2.75) is 6.92 Å². The normalized spacial score (nSPS) is 9.25.